The van der Waals surface area contributed by atoms with Gasteiger partial charge in [0.25, 0.3) is 0 Å². The molecule has 0 aromatic heterocycles. The molecule has 0 spiro atoms. The molecule has 1 aliphatic rings. The van der Waals surface area contributed by atoms with Crippen LogP contribution in [0, 0.1) is 0 Å². The van der Waals surface area contributed by atoms with Crippen LogP contribution >= 0.6 is 11.6 Å². The van der Waals surface area contributed by atoms with Gasteiger partial charge in [0.15, 0.2) is 11.5 Å². The van der Waals surface area contributed by atoms with Gasteiger partial charge in [0, 0.05) is 17.8 Å². The second-order valence-electron chi connectivity index (χ2n) is 6.15. The predicted molar refractivity (Wildman–Crippen MR) is 100 cm³/mol. The number of anilines is 2. The Hall–Kier alpha value is -2.40. The highest BCUT2D eigenvalue weighted by Crippen LogP contribution is 2.37. The van der Waals surface area contributed by atoms with E-state index >= 15 is 0 Å². The first-order valence-electron chi connectivity index (χ1n) is 8.26. The number of benzene rings is 2. The van der Waals surface area contributed by atoms with Gasteiger partial charge in [0.1, 0.15) is 13.2 Å². The van der Waals surface area contributed by atoms with E-state index in [9.17, 15) is 4.79 Å². The lowest BCUT2D eigenvalue weighted by molar-refractivity contribution is -0.114. The lowest BCUT2D eigenvalue weighted by Crippen LogP contribution is -2.22. The second kappa shape index (κ2) is 7.66. The molecule has 0 atom stereocenters. The van der Waals surface area contributed by atoms with Gasteiger partial charge in [0.2, 0.25) is 5.91 Å². The maximum Gasteiger partial charge on any atom is 0.243 e. The van der Waals surface area contributed by atoms with Crippen molar-refractivity contribution in [3.05, 3.63) is 47.0 Å². The van der Waals surface area contributed by atoms with E-state index in [1.54, 1.807) is 12.1 Å². The van der Waals surface area contributed by atoms with Gasteiger partial charge < -0.3 is 20.1 Å². The van der Waals surface area contributed by atoms with Crippen LogP contribution in [0.1, 0.15) is 25.3 Å². The highest BCUT2D eigenvalue weighted by atomic mass is 35.5. The first kappa shape index (κ1) is 17.4. The molecule has 1 aliphatic heterocycles. The first-order chi connectivity index (χ1) is 12.0. The standard InChI is InChI=1S/C19H21ClN2O3/c1-12(2)13-3-5-14(6-4-13)22-19(23)11-21-16-10-18-17(9-15(16)20)24-7-8-25-18/h3-6,9-10,12,21H,7-8,11H2,1-2H3,(H,22,23). The van der Waals surface area contributed by atoms with Crippen LogP contribution in [0.3, 0.4) is 0 Å². The Labute approximate surface area is 152 Å². The fourth-order valence-electron chi connectivity index (χ4n) is 2.53. The van der Waals surface area contributed by atoms with Gasteiger partial charge >= 0.3 is 0 Å². The number of rotatable bonds is 5. The molecule has 132 valence electrons. The van der Waals surface area contributed by atoms with E-state index in [2.05, 4.69) is 24.5 Å². The van der Waals surface area contributed by atoms with Crippen LogP contribution in [0.4, 0.5) is 11.4 Å². The van der Waals surface area contributed by atoms with Crippen molar-refractivity contribution in [3.63, 3.8) is 0 Å². The lowest BCUT2D eigenvalue weighted by Gasteiger charge is -2.20. The molecule has 0 saturated heterocycles. The number of amides is 1. The summed E-state index contributed by atoms with van der Waals surface area (Å²) in [4.78, 5) is 12.1. The summed E-state index contributed by atoms with van der Waals surface area (Å²) in [6, 6.07) is 11.3. The van der Waals surface area contributed by atoms with Crippen LogP contribution in [0.15, 0.2) is 36.4 Å². The molecule has 0 aliphatic carbocycles. The van der Waals surface area contributed by atoms with Crippen molar-refractivity contribution >= 4 is 28.9 Å². The number of fused-ring (bicyclic) bond motifs is 1. The molecule has 25 heavy (non-hydrogen) atoms. The van der Waals surface area contributed by atoms with E-state index < -0.39 is 0 Å². The van der Waals surface area contributed by atoms with E-state index in [0.717, 1.165) is 5.69 Å². The summed E-state index contributed by atoms with van der Waals surface area (Å²) in [5.74, 6) is 1.56. The molecule has 1 heterocycles. The number of nitrogens with one attached hydrogen (secondary N) is 2. The monoisotopic (exact) mass is 360 g/mol. The zero-order valence-corrected chi connectivity index (χ0v) is 15.0. The maximum absolute atomic E-state index is 12.1. The van der Waals surface area contributed by atoms with E-state index in [1.165, 1.54) is 5.56 Å². The molecule has 2 aromatic carbocycles. The molecule has 5 nitrogen and oxygen atoms in total. The van der Waals surface area contributed by atoms with E-state index in [1.807, 2.05) is 24.3 Å². The van der Waals surface area contributed by atoms with Gasteiger partial charge in [-0.1, -0.05) is 37.6 Å². The predicted octanol–water partition coefficient (Wildman–Crippen LogP) is 4.29. The van der Waals surface area contributed by atoms with Gasteiger partial charge in [-0.3, -0.25) is 4.79 Å². The quantitative estimate of drug-likeness (QED) is 0.835. The Bertz CT molecular complexity index is 760. The number of carbonyl (C=O) groups is 1. The number of hydrogen-bond donors (Lipinski definition) is 2. The minimum absolute atomic E-state index is 0.102. The Balaban J connectivity index is 1.58. The van der Waals surface area contributed by atoms with Gasteiger partial charge in [-0.15, -0.1) is 0 Å². The van der Waals surface area contributed by atoms with Crippen LogP contribution < -0.4 is 20.1 Å². The number of hydrogen-bond acceptors (Lipinski definition) is 4. The van der Waals surface area contributed by atoms with Crippen molar-refractivity contribution in [1.82, 2.24) is 0 Å². The molecule has 0 saturated carbocycles. The van der Waals surface area contributed by atoms with Crippen molar-refractivity contribution in [2.24, 2.45) is 0 Å². The molecule has 2 N–H and O–H groups in total. The highest BCUT2D eigenvalue weighted by molar-refractivity contribution is 6.33. The fraction of sp³-hybridized carbons (Fsp3) is 0.316. The topological polar surface area (TPSA) is 59.6 Å². The number of ether oxygens (including phenoxy) is 2. The molecule has 0 radical (unpaired) electrons. The summed E-state index contributed by atoms with van der Waals surface area (Å²) in [5.41, 5.74) is 2.64. The Morgan fingerprint density at radius 3 is 2.40 bits per heavy atom. The second-order valence-corrected chi connectivity index (χ2v) is 6.56. The molecular weight excluding hydrogens is 340 g/mol. The molecule has 2 aromatic rings. The van der Waals surface area contributed by atoms with E-state index in [4.69, 9.17) is 21.1 Å². The van der Waals surface area contributed by atoms with Crippen molar-refractivity contribution in [2.75, 3.05) is 30.4 Å². The maximum atomic E-state index is 12.1. The Morgan fingerprint density at radius 2 is 1.76 bits per heavy atom. The summed E-state index contributed by atoms with van der Waals surface area (Å²) in [6.07, 6.45) is 0. The van der Waals surface area contributed by atoms with Gasteiger partial charge in [-0.05, 0) is 23.6 Å². The normalized spacial score (nSPS) is 12.8. The molecule has 0 fully saturated rings. The van der Waals surface area contributed by atoms with Crippen molar-refractivity contribution in [1.29, 1.82) is 0 Å². The number of halogens is 1. The summed E-state index contributed by atoms with van der Waals surface area (Å²) in [5, 5.41) is 6.38. The largest absolute Gasteiger partial charge is 0.486 e. The van der Waals surface area contributed by atoms with Crippen LogP contribution in [0.2, 0.25) is 5.02 Å². The Morgan fingerprint density at radius 1 is 1.12 bits per heavy atom. The zero-order chi connectivity index (χ0) is 17.8. The summed E-state index contributed by atoms with van der Waals surface area (Å²) >= 11 is 6.22. The van der Waals surface area contributed by atoms with Crippen molar-refractivity contribution in [3.8, 4) is 11.5 Å². The van der Waals surface area contributed by atoms with Gasteiger partial charge in [-0.2, -0.15) is 0 Å². The lowest BCUT2D eigenvalue weighted by atomic mass is 10.0. The van der Waals surface area contributed by atoms with Gasteiger partial charge in [0.05, 0.1) is 17.3 Å². The Kier molecular flexibility index (Phi) is 5.34. The SMILES string of the molecule is CC(C)c1ccc(NC(=O)CNc2cc3c(cc2Cl)OCCO3)cc1. The van der Waals surface area contributed by atoms with Crippen molar-refractivity contribution in [2.45, 2.75) is 19.8 Å². The smallest absolute Gasteiger partial charge is 0.243 e. The minimum atomic E-state index is -0.150. The van der Waals surface area contributed by atoms with Crippen LogP contribution in [-0.4, -0.2) is 25.7 Å². The average Bonchev–Trinajstić information content (AvgIpc) is 2.60. The molecular formula is C19H21ClN2O3. The van der Waals surface area contributed by atoms with Crippen molar-refractivity contribution < 1.29 is 14.3 Å². The first-order valence-corrected chi connectivity index (χ1v) is 8.63. The number of carbonyl (C=O) groups excluding carboxylic acids is 1. The third-order valence-corrected chi connectivity index (χ3v) is 4.25. The van der Waals surface area contributed by atoms with Gasteiger partial charge in [-0.25, -0.2) is 0 Å². The highest BCUT2D eigenvalue weighted by Gasteiger charge is 2.15. The fourth-order valence-corrected chi connectivity index (χ4v) is 2.75. The van der Waals surface area contributed by atoms with Crippen LogP contribution in [-0.2, 0) is 4.79 Å². The average molecular weight is 361 g/mol. The molecule has 1 amide bonds. The summed E-state index contributed by atoms with van der Waals surface area (Å²) < 4.78 is 11.0. The van der Waals surface area contributed by atoms with E-state index in [0.29, 0.717) is 41.3 Å². The zero-order valence-electron chi connectivity index (χ0n) is 14.3. The molecule has 6 heteroatoms. The molecule has 0 unspecified atom stereocenters. The van der Waals surface area contributed by atoms with E-state index in [-0.39, 0.29) is 12.5 Å². The molecule has 3 rings (SSSR count). The third kappa shape index (κ3) is 4.37. The summed E-state index contributed by atoms with van der Waals surface area (Å²) in [7, 11) is 0. The minimum Gasteiger partial charge on any atom is -0.486 e. The van der Waals surface area contributed by atoms with Crippen LogP contribution in [0.5, 0.6) is 11.5 Å². The summed E-state index contributed by atoms with van der Waals surface area (Å²) in [6.45, 7) is 5.38. The molecule has 0 bridgehead atoms. The third-order valence-electron chi connectivity index (χ3n) is 3.93. The van der Waals surface area contributed by atoms with Crippen LogP contribution in [0.25, 0.3) is 0 Å².